The molecule has 2 atom stereocenters. The van der Waals surface area contributed by atoms with Crippen LogP contribution in [0.1, 0.15) is 40.0 Å². The zero-order valence-corrected chi connectivity index (χ0v) is 10.5. The lowest BCUT2D eigenvalue weighted by molar-refractivity contribution is 0.241. The van der Waals surface area contributed by atoms with Gasteiger partial charge in [0.1, 0.15) is 9.84 Å². The molecule has 1 saturated carbocycles. The lowest BCUT2D eigenvalue weighted by Crippen LogP contribution is -2.19. The van der Waals surface area contributed by atoms with Gasteiger partial charge in [0, 0.05) is 6.26 Å². The highest BCUT2D eigenvalue weighted by Gasteiger charge is 2.33. The van der Waals surface area contributed by atoms with E-state index in [0.717, 1.165) is 12.8 Å². The summed E-state index contributed by atoms with van der Waals surface area (Å²) in [5.74, 6) is 1.50. The Morgan fingerprint density at radius 1 is 1.21 bits per heavy atom. The lowest BCUT2D eigenvalue weighted by Gasteiger charge is -2.26. The third kappa shape index (κ3) is 3.60. The van der Waals surface area contributed by atoms with Gasteiger partial charge in [-0.15, -0.1) is 0 Å². The molecule has 1 aliphatic rings. The van der Waals surface area contributed by atoms with Gasteiger partial charge in [0.05, 0.1) is 5.75 Å². The molecule has 0 aromatic carbocycles. The van der Waals surface area contributed by atoms with Gasteiger partial charge in [-0.2, -0.15) is 0 Å². The molecule has 0 radical (unpaired) electrons. The minimum atomic E-state index is -2.78. The second kappa shape index (κ2) is 3.84. The van der Waals surface area contributed by atoms with Crippen LogP contribution in [0.5, 0.6) is 0 Å². The molecule has 2 nitrogen and oxygen atoms in total. The van der Waals surface area contributed by atoms with Crippen LogP contribution in [0.15, 0.2) is 0 Å². The molecule has 0 spiro atoms. The van der Waals surface area contributed by atoms with Crippen molar-refractivity contribution in [3.8, 4) is 0 Å². The quantitative estimate of drug-likeness (QED) is 0.713. The minimum Gasteiger partial charge on any atom is -0.229 e. The van der Waals surface area contributed by atoms with Crippen molar-refractivity contribution in [2.45, 2.75) is 40.0 Å². The predicted octanol–water partition coefficient (Wildman–Crippen LogP) is 2.49. The first-order chi connectivity index (χ1) is 6.18. The number of hydrogen-bond donors (Lipinski definition) is 0. The van der Waals surface area contributed by atoms with Crippen molar-refractivity contribution in [3.63, 3.8) is 0 Å². The molecule has 84 valence electrons. The van der Waals surface area contributed by atoms with Gasteiger partial charge < -0.3 is 0 Å². The second-order valence-corrected chi connectivity index (χ2v) is 8.02. The first-order valence-corrected chi connectivity index (χ1v) is 7.42. The zero-order valence-electron chi connectivity index (χ0n) is 9.71. The maximum Gasteiger partial charge on any atom is 0.147 e. The fourth-order valence-corrected chi connectivity index (χ4v) is 3.60. The SMILES string of the molecule is CC(C)(C)C1CCC(CS(C)(=O)=O)C1. The van der Waals surface area contributed by atoms with Crippen molar-refractivity contribution >= 4 is 9.84 Å². The Morgan fingerprint density at radius 2 is 1.79 bits per heavy atom. The van der Waals surface area contributed by atoms with Crippen LogP contribution in [0.2, 0.25) is 0 Å². The first-order valence-electron chi connectivity index (χ1n) is 5.36. The molecule has 0 aromatic heterocycles. The molecule has 2 unspecified atom stereocenters. The summed E-state index contributed by atoms with van der Waals surface area (Å²) >= 11 is 0. The molecule has 0 aromatic rings. The van der Waals surface area contributed by atoms with E-state index < -0.39 is 9.84 Å². The van der Waals surface area contributed by atoms with E-state index in [1.54, 1.807) is 0 Å². The highest BCUT2D eigenvalue weighted by Crippen LogP contribution is 2.42. The van der Waals surface area contributed by atoms with Gasteiger partial charge in [0.2, 0.25) is 0 Å². The molecular weight excluding hydrogens is 196 g/mol. The Balaban J connectivity index is 2.50. The van der Waals surface area contributed by atoms with Crippen molar-refractivity contribution < 1.29 is 8.42 Å². The van der Waals surface area contributed by atoms with Crippen LogP contribution in [0, 0.1) is 17.3 Å². The molecule has 14 heavy (non-hydrogen) atoms. The van der Waals surface area contributed by atoms with E-state index in [2.05, 4.69) is 20.8 Å². The van der Waals surface area contributed by atoms with E-state index in [4.69, 9.17) is 0 Å². The minimum absolute atomic E-state index is 0.340. The molecule has 0 N–H and O–H groups in total. The van der Waals surface area contributed by atoms with Gasteiger partial charge in [-0.3, -0.25) is 0 Å². The fourth-order valence-electron chi connectivity index (χ4n) is 2.44. The monoisotopic (exact) mass is 218 g/mol. The topological polar surface area (TPSA) is 34.1 Å². The molecule has 0 saturated heterocycles. The van der Waals surface area contributed by atoms with Crippen molar-refractivity contribution in [3.05, 3.63) is 0 Å². The third-order valence-corrected chi connectivity index (χ3v) is 4.38. The molecule has 1 rings (SSSR count). The Morgan fingerprint density at radius 3 is 2.14 bits per heavy atom. The normalized spacial score (nSPS) is 29.4. The molecule has 0 aliphatic heterocycles. The van der Waals surface area contributed by atoms with Gasteiger partial charge in [-0.25, -0.2) is 8.42 Å². The summed E-state index contributed by atoms with van der Waals surface area (Å²) in [5, 5.41) is 0. The second-order valence-electron chi connectivity index (χ2n) is 5.83. The van der Waals surface area contributed by atoms with Gasteiger partial charge >= 0.3 is 0 Å². The van der Waals surface area contributed by atoms with Crippen LogP contribution in [-0.2, 0) is 9.84 Å². The Hall–Kier alpha value is -0.0500. The molecule has 1 aliphatic carbocycles. The fraction of sp³-hybridized carbons (Fsp3) is 1.00. The van der Waals surface area contributed by atoms with Crippen LogP contribution >= 0.6 is 0 Å². The average molecular weight is 218 g/mol. The van der Waals surface area contributed by atoms with E-state index in [1.807, 2.05) is 0 Å². The van der Waals surface area contributed by atoms with Crippen LogP contribution in [-0.4, -0.2) is 20.4 Å². The van der Waals surface area contributed by atoms with E-state index in [9.17, 15) is 8.42 Å². The van der Waals surface area contributed by atoms with E-state index in [-0.39, 0.29) is 0 Å². The summed E-state index contributed by atoms with van der Waals surface area (Å²) in [4.78, 5) is 0. The summed E-state index contributed by atoms with van der Waals surface area (Å²) in [5.41, 5.74) is 0.340. The standard InChI is InChI=1S/C11H22O2S/c1-11(2,3)10-6-5-9(7-10)8-14(4,12)13/h9-10H,5-8H2,1-4H3. The molecule has 0 amide bonds. The smallest absolute Gasteiger partial charge is 0.147 e. The van der Waals surface area contributed by atoms with Crippen molar-refractivity contribution in [2.24, 2.45) is 17.3 Å². The molecule has 1 fully saturated rings. The van der Waals surface area contributed by atoms with Crippen LogP contribution in [0.4, 0.5) is 0 Å². The van der Waals surface area contributed by atoms with Crippen molar-refractivity contribution in [1.82, 2.24) is 0 Å². The van der Waals surface area contributed by atoms with E-state index in [1.165, 1.54) is 12.7 Å². The maximum absolute atomic E-state index is 11.1. The van der Waals surface area contributed by atoms with Gasteiger partial charge in [0.15, 0.2) is 0 Å². The number of sulfone groups is 1. The molecule has 3 heteroatoms. The van der Waals surface area contributed by atoms with Crippen LogP contribution in [0.25, 0.3) is 0 Å². The average Bonchev–Trinajstić information content (AvgIpc) is 2.29. The summed E-state index contributed by atoms with van der Waals surface area (Å²) in [6.07, 6.45) is 4.73. The summed E-state index contributed by atoms with van der Waals surface area (Å²) in [6, 6.07) is 0. The Labute approximate surface area is 88.0 Å². The van der Waals surface area contributed by atoms with E-state index >= 15 is 0 Å². The Kier molecular flexibility index (Phi) is 3.30. The summed E-state index contributed by atoms with van der Waals surface area (Å²) in [7, 11) is -2.78. The number of hydrogen-bond acceptors (Lipinski definition) is 2. The molecular formula is C11H22O2S. The predicted molar refractivity (Wildman–Crippen MR) is 60.0 cm³/mol. The van der Waals surface area contributed by atoms with Crippen molar-refractivity contribution in [2.75, 3.05) is 12.0 Å². The van der Waals surface area contributed by atoms with E-state index in [0.29, 0.717) is 23.0 Å². The highest BCUT2D eigenvalue weighted by atomic mass is 32.2. The van der Waals surface area contributed by atoms with Crippen molar-refractivity contribution in [1.29, 1.82) is 0 Å². The third-order valence-electron chi connectivity index (χ3n) is 3.30. The first kappa shape index (κ1) is 12.0. The summed E-state index contributed by atoms with van der Waals surface area (Å²) in [6.45, 7) is 6.75. The lowest BCUT2D eigenvalue weighted by atomic mass is 9.79. The number of rotatable bonds is 2. The van der Waals surface area contributed by atoms with Gasteiger partial charge in [-0.1, -0.05) is 20.8 Å². The van der Waals surface area contributed by atoms with Gasteiger partial charge in [-0.05, 0) is 36.5 Å². The maximum atomic E-state index is 11.1. The molecule has 0 bridgehead atoms. The Bertz CT molecular complexity index is 285. The van der Waals surface area contributed by atoms with Crippen LogP contribution in [0.3, 0.4) is 0 Å². The highest BCUT2D eigenvalue weighted by molar-refractivity contribution is 7.90. The summed E-state index contributed by atoms with van der Waals surface area (Å²) < 4.78 is 22.3. The van der Waals surface area contributed by atoms with Crippen LogP contribution < -0.4 is 0 Å². The van der Waals surface area contributed by atoms with Gasteiger partial charge in [0.25, 0.3) is 0 Å². The molecule has 0 heterocycles. The zero-order chi connectivity index (χ0) is 11.0. The largest absolute Gasteiger partial charge is 0.229 e.